The Bertz CT molecular complexity index is 1290. The second-order valence-corrected chi connectivity index (χ2v) is 7.93. The molecule has 0 spiro atoms. The molecule has 3 N–H and O–H groups in total. The summed E-state index contributed by atoms with van der Waals surface area (Å²) in [5.74, 6) is -0.487. The fraction of sp³-hybridized carbons (Fsp3) is 0.167. The first-order chi connectivity index (χ1) is 15.8. The average Bonchev–Trinajstić information content (AvgIpc) is 3.02. The highest BCUT2D eigenvalue weighted by molar-refractivity contribution is 7.80. The van der Waals surface area contributed by atoms with Crippen molar-refractivity contribution in [2.45, 2.75) is 20.4 Å². The van der Waals surface area contributed by atoms with Gasteiger partial charge in [-0.1, -0.05) is 18.2 Å². The lowest BCUT2D eigenvalue weighted by Gasteiger charge is -2.16. The number of rotatable bonds is 6. The highest BCUT2D eigenvalue weighted by atomic mass is 32.1. The van der Waals surface area contributed by atoms with Gasteiger partial charge in [0.25, 0.3) is 11.8 Å². The predicted octanol–water partition coefficient (Wildman–Crippen LogP) is 2.90. The minimum atomic E-state index is -0.522. The van der Waals surface area contributed by atoms with Crippen LogP contribution >= 0.6 is 12.2 Å². The average molecular weight is 463 g/mol. The summed E-state index contributed by atoms with van der Waals surface area (Å²) in [5.41, 5.74) is 3.38. The molecule has 1 aromatic heterocycles. The zero-order chi connectivity index (χ0) is 23.5. The summed E-state index contributed by atoms with van der Waals surface area (Å²) < 4.78 is 7.98. The highest BCUT2D eigenvalue weighted by Gasteiger charge is 2.26. The number of hydrogen-bond acceptors (Lipinski definition) is 5. The molecule has 3 amide bonds. The molecule has 1 aliphatic heterocycles. The van der Waals surface area contributed by atoms with Crippen molar-refractivity contribution >= 4 is 57.7 Å². The van der Waals surface area contributed by atoms with Crippen molar-refractivity contribution in [3.05, 3.63) is 65.4 Å². The van der Waals surface area contributed by atoms with Gasteiger partial charge in [0, 0.05) is 34.8 Å². The molecule has 4 rings (SSSR count). The predicted molar refractivity (Wildman–Crippen MR) is 130 cm³/mol. The van der Waals surface area contributed by atoms with Crippen LogP contribution in [-0.4, -0.2) is 34.0 Å². The van der Waals surface area contributed by atoms with Crippen molar-refractivity contribution in [3.63, 3.8) is 0 Å². The number of nitrogens with one attached hydrogen (secondary N) is 3. The number of carbonyl (C=O) groups excluding carboxylic acids is 3. The second kappa shape index (κ2) is 9.25. The van der Waals surface area contributed by atoms with Crippen LogP contribution in [-0.2, 0) is 20.9 Å². The van der Waals surface area contributed by atoms with Gasteiger partial charge in [0.15, 0.2) is 5.11 Å². The standard InChI is InChI=1S/C24H22N4O4S/c1-14-19(13-20-22(30)26-24(33)27-23(20)31)18-5-3-4-6-21(18)28(14)11-12-32-17-9-7-16(8-10-17)25-15(2)29/h3-10,13H,11-12H2,1-2H3,(H,25,29)(H2,26,27,30,31,33). The summed E-state index contributed by atoms with van der Waals surface area (Å²) in [6.45, 7) is 4.37. The molecule has 0 radical (unpaired) electrons. The number of thiocarbonyl (C=S) groups is 1. The first-order valence-corrected chi connectivity index (χ1v) is 10.7. The molecule has 1 aliphatic rings. The van der Waals surface area contributed by atoms with Gasteiger partial charge in [-0.25, -0.2) is 0 Å². The summed E-state index contributed by atoms with van der Waals surface area (Å²) in [6, 6.07) is 15.0. The SMILES string of the molecule is CC(=O)Nc1ccc(OCCn2c(C)c(C=C3C(=O)NC(=S)NC3=O)c3ccccc32)cc1. The van der Waals surface area contributed by atoms with Crippen molar-refractivity contribution in [1.29, 1.82) is 0 Å². The first kappa shape index (κ1) is 22.2. The molecule has 1 fully saturated rings. The number of anilines is 1. The third-order valence-electron chi connectivity index (χ3n) is 5.27. The van der Waals surface area contributed by atoms with E-state index in [1.807, 2.05) is 31.2 Å². The first-order valence-electron chi connectivity index (χ1n) is 10.3. The van der Waals surface area contributed by atoms with Gasteiger partial charge in [0.2, 0.25) is 5.91 Å². The third-order valence-corrected chi connectivity index (χ3v) is 5.47. The quantitative estimate of drug-likeness (QED) is 0.297. The van der Waals surface area contributed by atoms with Crippen molar-refractivity contribution in [3.8, 4) is 5.75 Å². The number of aromatic nitrogens is 1. The smallest absolute Gasteiger partial charge is 0.263 e. The molecule has 2 heterocycles. The molecule has 9 heteroatoms. The van der Waals surface area contributed by atoms with Crippen molar-refractivity contribution in [2.75, 3.05) is 11.9 Å². The van der Waals surface area contributed by atoms with Crippen LogP contribution in [0.3, 0.4) is 0 Å². The van der Waals surface area contributed by atoms with Crippen LogP contribution in [0.5, 0.6) is 5.75 Å². The van der Waals surface area contributed by atoms with Gasteiger partial charge in [-0.2, -0.15) is 0 Å². The molecule has 8 nitrogen and oxygen atoms in total. The molecule has 0 unspecified atom stereocenters. The summed E-state index contributed by atoms with van der Waals surface area (Å²) >= 11 is 4.87. The summed E-state index contributed by atoms with van der Waals surface area (Å²) in [4.78, 5) is 35.8. The Labute approximate surface area is 195 Å². The molecule has 0 saturated carbocycles. The van der Waals surface area contributed by atoms with Gasteiger partial charge in [-0.05, 0) is 55.5 Å². The number of carbonyl (C=O) groups is 3. The van der Waals surface area contributed by atoms with Crippen molar-refractivity contribution in [2.24, 2.45) is 0 Å². The van der Waals surface area contributed by atoms with Crippen LogP contribution in [0.1, 0.15) is 18.2 Å². The largest absolute Gasteiger partial charge is 0.492 e. The highest BCUT2D eigenvalue weighted by Crippen LogP contribution is 2.28. The minimum Gasteiger partial charge on any atom is -0.492 e. The fourth-order valence-electron chi connectivity index (χ4n) is 3.77. The zero-order valence-corrected chi connectivity index (χ0v) is 18.9. The van der Waals surface area contributed by atoms with Crippen LogP contribution in [0.2, 0.25) is 0 Å². The number of nitrogens with zero attached hydrogens (tertiary/aromatic N) is 1. The molecule has 0 bridgehead atoms. The molecule has 168 valence electrons. The van der Waals surface area contributed by atoms with Gasteiger partial charge in [0.1, 0.15) is 17.9 Å². The van der Waals surface area contributed by atoms with E-state index in [-0.39, 0.29) is 16.6 Å². The van der Waals surface area contributed by atoms with E-state index >= 15 is 0 Å². The van der Waals surface area contributed by atoms with E-state index in [1.54, 1.807) is 30.3 Å². The molecule has 33 heavy (non-hydrogen) atoms. The number of hydrogen-bond donors (Lipinski definition) is 3. The van der Waals surface area contributed by atoms with Crippen molar-refractivity contribution in [1.82, 2.24) is 15.2 Å². The van der Waals surface area contributed by atoms with E-state index in [1.165, 1.54) is 6.92 Å². The number of ether oxygens (including phenoxy) is 1. The minimum absolute atomic E-state index is 0.00329. The monoisotopic (exact) mass is 462 g/mol. The van der Waals surface area contributed by atoms with E-state index in [9.17, 15) is 14.4 Å². The Hall–Kier alpha value is -3.98. The maximum absolute atomic E-state index is 12.3. The van der Waals surface area contributed by atoms with Gasteiger partial charge in [-0.3, -0.25) is 25.0 Å². The zero-order valence-electron chi connectivity index (χ0n) is 18.1. The Morgan fingerprint density at radius 1 is 1.09 bits per heavy atom. The Kier molecular flexibility index (Phi) is 6.23. The van der Waals surface area contributed by atoms with Gasteiger partial charge < -0.3 is 14.6 Å². The van der Waals surface area contributed by atoms with E-state index in [0.717, 1.165) is 22.2 Å². The maximum atomic E-state index is 12.3. The molecular formula is C24H22N4O4S. The normalized spacial score (nSPS) is 13.5. The van der Waals surface area contributed by atoms with Gasteiger partial charge in [0.05, 0.1) is 6.54 Å². The molecule has 1 saturated heterocycles. The number of fused-ring (bicyclic) bond motifs is 1. The van der Waals surface area contributed by atoms with E-state index in [2.05, 4.69) is 20.5 Å². The van der Waals surface area contributed by atoms with Crippen LogP contribution < -0.4 is 20.7 Å². The molecular weight excluding hydrogens is 440 g/mol. The Balaban J connectivity index is 1.57. The summed E-state index contributed by atoms with van der Waals surface area (Å²) in [5, 5.41) is 8.58. The lowest BCUT2D eigenvalue weighted by atomic mass is 10.1. The number of benzene rings is 2. The van der Waals surface area contributed by atoms with E-state index in [0.29, 0.717) is 24.6 Å². The van der Waals surface area contributed by atoms with Crippen LogP contribution in [0.25, 0.3) is 17.0 Å². The van der Waals surface area contributed by atoms with Crippen LogP contribution in [0.15, 0.2) is 54.1 Å². The Morgan fingerprint density at radius 2 is 1.76 bits per heavy atom. The van der Waals surface area contributed by atoms with Crippen LogP contribution in [0, 0.1) is 6.92 Å². The maximum Gasteiger partial charge on any atom is 0.263 e. The fourth-order valence-corrected chi connectivity index (χ4v) is 3.96. The molecule has 3 aromatic rings. The van der Waals surface area contributed by atoms with Crippen LogP contribution in [0.4, 0.5) is 5.69 Å². The van der Waals surface area contributed by atoms with Crippen molar-refractivity contribution < 1.29 is 19.1 Å². The Morgan fingerprint density at radius 3 is 2.42 bits per heavy atom. The molecule has 2 aromatic carbocycles. The summed E-state index contributed by atoms with van der Waals surface area (Å²) in [7, 11) is 0. The topological polar surface area (TPSA) is 101 Å². The number of amides is 3. The summed E-state index contributed by atoms with van der Waals surface area (Å²) in [6.07, 6.45) is 1.60. The number of para-hydroxylation sites is 1. The van der Waals surface area contributed by atoms with Gasteiger partial charge in [-0.15, -0.1) is 0 Å². The lowest BCUT2D eigenvalue weighted by Crippen LogP contribution is -2.51. The molecule has 0 atom stereocenters. The van der Waals surface area contributed by atoms with E-state index in [4.69, 9.17) is 17.0 Å². The lowest BCUT2D eigenvalue weighted by molar-refractivity contribution is -0.123. The third kappa shape index (κ3) is 4.78. The van der Waals surface area contributed by atoms with E-state index < -0.39 is 11.8 Å². The second-order valence-electron chi connectivity index (χ2n) is 7.52. The van der Waals surface area contributed by atoms with Gasteiger partial charge >= 0.3 is 0 Å². The molecule has 0 aliphatic carbocycles.